The Bertz CT molecular complexity index is 474. The van der Waals surface area contributed by atoms with E-state index in [4.69, 9.17) is 15.2 Å². The number of nitrogens with zero attached hydrogens (tertiary/aromatic N) is 1. The van der Waals surface area contributed by atoms with Gasteiger partial charge in [-0.2, -0.15) is 0 Å². The molecule has 1 saturated heterocycles. The van der Waals surface area contributed by atoms with E-state index in [2.05, 4.69) is 0 Å². The molecule has 1 aromatic rings. The molecule has 1 amide bonds. The van der Waals surface area contributed by atoms with Crippen LogP contribution in [0.3, 0.4) is 0 Å². The van der Waals surface area contributed by atoms with Gasteiger partial charge in [0, 0.05) is 20.2 Å². The van der Waals surface area contributed by atoms with Gasteiger partial charge in [-0.3, -0.25) is 4.79 Å². The summed E-state index contributed by atoms with van der Waals surface area (Å²) in [6.45, 7) is 2.19. The number of hydrogen-bond acceptors (Lipinski definition) is 4. The standard InChI is InChI=1S/C15H22N2O3/c1-19-10-11-5-4-8-17(9-11)15(18)12-6-3-7-13(20-2)14(12)16/h3,6-7,11H,4-5,8-10,16H2,1-2H3. The summed E-state index contributed by atoms with van der Waals surface area (Å²) in [6.07, 6.45) is 2.11. The molecule has 0 radical (unpaired) electrons. The van der Waals surface area contributed by atoms with Crippen LogP contribution in [0, 0.1) is 5.92 Å². The zero-order valence-electron chi connectivity index (χ0n) is 12.1. The highest BCUT2D eigenvalue weighted by Gasteiger charge is 2.26. The number of likely N-dealkylation sites (tertiary alicyclic amines) is 1. The first-order valence-electron chi connectivity index (χ1n) is 6.88. The van der Waals surface area contributed by atoms with Crippen LogP contribution in [0.1, 0.15) is 23.2 Å². The number of carbonyl (C=O) groups is 1. The highest BCUT2D eigenvalue weighted by molar-refractivity contribution is 6.00. The summed E-state index contributed by atoms with van der Waals surface area (Å²) in [7, 11) is 3.25. The van der Waals surface area contributed by atoms with Crippen LogP contribution in [0.4, 0.5) is 5.69 Å². The summed E-state index contributed by atoms with van der Waals surface area (Å²) >= 11 is 0. The Labute approximate surface area is 119 Å². The van der Waals surface area contributed by atoms with Crippen LogP contribution >= 0.6 is 0 Å². The van der Waals surface area contributed by atoms with Gasteiger partial charge in [0.15, 0.2) is 0 Å². The number of para-hydroxylation sites is 1. The van der Waals surface area contributed by atoms with Gasteiger partial charge in [-0.05, 0) is 30.9 Å². The average Bonchev–Trinajstić information content (AvgIpc) is 2.47. The Morgan fingerprint density at radius 2 is 2.25 bits per heavy atom. The molecule has 1 aliphatic rings. The van der Waals surface area contributed by atoms with E-state index in [1.165, 1.54) is 0 Å². The molecule has 1 heterocycles. The van der Waals surface area contributed by atoms with Crippen molar-refractivity contribution in [1.29, 1.82) is 0 Å². The van der Waals surface area contributed by atoms with Gasteiger partial charge >= 0.3 is 0 Å². The summed E-state index contributed by atoms with van der Waals surface area (Å²) in [5.41, 5.74) is 6.92. The number of piperidine rings is 1. The molecule has 0 bridgehead atoms. The molecule has 2 N–H and O–H groups in total. The quantitative estimate of drug-likeness (QED) is 0.853. The van der Waals surface area contributed by atoms with Crippen molar-refractivity contribution >= 4 is 11.6 Å². The molecular weight excluding hydrogens is 256 g/mol. The van der Waals surface area contributed by atoms with Crippen LogP contribution in [-0.2, 0) is 4.74 Å². The van der Waals surface area contributed by atoms with E-state index < -0.39 is 0 Å². The van der Waals surface area contributed by atoms with Crippen LogP contribution in [-0.4, -0.2) is 44.7 Å². The van der Waals surface area contributed by atoms with Crippen LogP contribution in [0.2, 0.25) is 0 Å². The minimum Gasteiger partial charge on any atom is -0.495 e. The maximum absolute atomic E-state index is 12.6. The number of anilines is 1. The Morgan fingerprint density at radius 1 is 1.45 bits per heavy atom. The van der Waals surface area contributed by atoms with Gasteiger partial charge in [0.2, 0.25) is 0 Å². The number of amides is 1. The number of nitrogen functional groups attached to an aromatic ring is 1. The summed E-state index contributed by atoms with van der Waals surface area (Å²) in [6, 6.07) is 5.30. The van der Waals surface area contributed by atoms with Gasteiger partial charge in [-0.25, -0.2) is 0 Å². The predicted octanol–water partition coefficient (Wildman–Crippen LogP) is 1.78. The average molecular weight is 278 g/mol. The second-order valence-corrected chi connectivity index (χ2v) is 5.14. The molecule has 1 fully saturated rings. The fourth-order valence-corrected chi connectivity index (χ4v) is 2.70. The first-order chi connectivity index (χ1) is 9.67. The van der Waals surface area contributed by atoms with Crippen molar-refractivity contribution in [3.8, 4) is 5.75 Å². The molecule has 2 rings (SSSR count). The highest BCUT2D eigenvalue weighted by Crippen LogP contribution is 2.27. The van der Waals surface area contributed by atoms with Crippen LogP contribution in [0.15, 0.2) is 18.2 Å². The number of ether oxygens (including phenoxy) is 2. The van der Waals surface area contributed by atoms with Gasteiger partial charge in [0.25, 0.3) is 5.91 Å². The molecule has 110 valence electrons. The Hall–Kier alpha value is -1.75. The third-order valence-corrected chi connectivity index (χ3v) is 3.73. The number of nitrogens with two attached hydrogens (primary N) is 1. The molecule has 5 heteroatoms. The van der Waals surface area contributed by atoms with E-state index >= 15 is 0 Å². The summed E-state index contributed by atoms with van der Waals surface area (Å²) in [5.74, 6) is 0.924. The van der Waals surface area contributed by atoms with Gasteiger partial charge in [-0.15, -0.1) is 0 Å². The largest absolute Gasteiger partial charge is 0.495 e. The van der Waals surface area contributed by atoms with Crippen LogP contribution < -0.4 is 10.5 Å². The van der Waals surface area contributed by atoms with E-state index in [1.807, 2.05) is 4.90 Å². The van der Waals surface area contributed by atoms with Crippen molar-refractivity contribution in [2.45, 2.75) is 12.8 Å². The van der Waals surface area contributed by atoms with Crippen LogP contribution in [0.25, 0.3) is 0 Å². The van der Waals surface area contributed by atoms with Gasteiger partial charge in [-0.1, -0.05) is 6.07 Å². The molecule has 1 unspecified atom stereocenters. The number of hydrogen-bond donors (Lipinski definition) is 1. The lowest BCUT2D eigenvalue weighted by Gasteiger charge is -2.32. The van der Waals surface area contributed by atoms with Gasteiger partial charge in [0.1, 0.15) is 5.75 Å². The van der Waals surface area contributed by atoms with Crippen molar-refractivity contribution in [3.63, 3.8) is 0 Å². The topological polar surface area (TPSA) is 64.8 Å². The fourth-order valence-electron chi connectivity index (χ4n) is 2.70. The van der Waals surface area contributed by atoms with Crippen LogP contribution in [0.5, 0.6) is 5.75 Å². The first-order valence-corrected chi connectivity index (χ1v) is 6.88. The zero-order valence-corrected chi connectivity index (χ0v) is 12.1. The molecular formula is C15H22N2O3. The minimum atomic E-state index is -0.0257. The van der Waals surface area contributed by atoms with Crippen molar-refractivity contribution in [2.75, 3.05) is 39.6 Å². The molecule has 1 aliphatic heterocycles. The molecule has 0 aromatic heterocycles. The molecule has 0 aliphatic carbocycles. The Kier molecular flexibility index (Phi) is 4.84. The summed E-state index contributed by atoms with van der Waals surface area (Å²) in [5, 5.41) is 0. The SMILES string of the molecule is COCC1CCCN(C(=O)c2cccc(OC)c2N)C1. The molecule has 20 heavy (non-hydrogen) atoms. The molecule has 1 aromatic carbocycles. The maximum Gasteiger partial charge on any atom is 0.256 e. The summed E-state index contributed by atoms with van der Waals surface area (Å²) < 4.78 is 10.4. The lowest BCUT2D eigenvalue weighted by atomic mass is 9.98. The summed E-state index contributed by atoms with van der Waals surface area (Å²) in [4.78, 5) is 14.4. The van der Waals surface area contributed by atoms with E-state index in [9.17, 15) is 4.79 Å². The van der Waals surface area contributed by atoms with Crippen molar-refractivity contribution in [1.82, 2.24) is 4.90 Å². The third kappa shape index (κ3) is 3.04. The van der Waals surface area contributed by atoms with E-state index in [1.54, 1.807) is 32.4 Å². The Balaban J connectivity index is 2.14. The number of benzene rings is 1. The second-order valence-electron chi connectivity index (χ2n) is 5.14. The van der Waals surface area contributed by atoms with E-state index in [-0.39, 0.29) is 5.91 Å². The van der Waals surface area contributed by atoms with Crippen molar-refractivity contribution in [2.24, 2.45) is 5.92 Å². The third-order valence-electron chi connectivity index (χ3n) is 3.73. The predicted molar refractivity (Wildman–Crippen MR) is 77.9 cm³/mol. The van der Waals surface area contributed by atoms with Crippen molar-refractivity contribution in [3.05, 3.63) is 23.8 Å². The minimum absolute atomic E-state index is 0.0257. The van der Waals surface area contributed by atoms with E-state index in [0.717, 1.165) is 25.9 Å². The number of methoxy groups -OCH3 is 2. The van der Waals surface area contributed by atoms with E-state index in [0.29, 0.717) is 29.5 Å². The number of carbonyl (C=O) groups excluding carboxylic acids is 1. The lowest BCUT2D eigenvalue weighted by Crippen LogP contribution is -2.41. The monoisotopic (exact) mass is 278 g/mol. The number of rotatable bonds is 4. The Morgan fingerprint density at radius 3 is 2.95 bits per heavy atom. The van der Waals surface area contributed by atoms with Crippen molar-refractivity contribution < 1.29 is 14.3 Å². The molecule has 1 atom stereocenters. The fraction of sp³-hybridized carbons (Fsp3) is 0.533. The molecule has 0 spiro atoms. The second kappa shape index (κ2) is 6.61. The molecule has 5 nitrogen and oxygen atoms in total. The normalized spacial score (nSPS) is 18.9. The smallest absolute Gasteiger partial charge is 0.256 e. The first kappa shape index (κ1) is 14.7. The zero-order chi connectivity index (χ0) is 14.5. The lowest BCUT2D eigenvalue weighted by molar-refractivity contribution is 0.0571. The van der Waals surface area contributed by atoms with Gasteiger partial charge in [0.05, 0.1) is 25.0 Å². The van der Waals surface area contributed by atoms with Gasteiger partial charge < -0.3 is 20.1 Å². The highest BCUT2D eigenvalue weighted by atomic mass is 16.5. The molecule has 0 saturated carbocycles. The maximum atomic E-state index is 12.6.